The maximum Gasteiger partial charge on any atom is 0.436 e. The summed E-state index contributed by atoms with van der Waals surface area (Å²) >= 11 is 0. The summed E-state index contributed by atoms with van der Waals surface area (Å²) in [6.45, 7) is 3.40. The normalized spacial score (nSPS) is 22.1. The average molecular weight is 240 g/mol. The molecule has 2 unspecified atom stereocenters. The van der Waals surface area contributed by atoms with Crippen LogP contribution in [0.3, 0.4) is 0 Å². The Kier molecular flexibility index (Phi) is 2.92. The van der Waals surface area contributed by atoms with Gasteiger partial charge in [-0.1, -0.05) is 6.07 Å². The number of hydrogen-bond acceptors (Lipinski definition) is 2. The molecule has 1 aliphatic carbocycles. The fourth-order valence-corrected chi connectivity index (χ4v) is 1.85. The van der Waals surface area contributed by atoms with Crippen LogP contribution in [-0.2, 0) is 9.63 Å². The van der Waals surface area contributed by atoms with Crippen LogP contribution in [-0.4, -0.2) is 24.5 Å². The zero-order chi connectivity index (χ0) is 12.6. The van der Waals surface area contributed by atoms with Crippen LogP contribution in [0.4, 0.5) is 8.78 Å². The number of hydroxylamine groups is 1. The molecule has 2 atom stereocenters. The Bertz CT molecular complexity index is 487. The lowest BCUT2D eigenvalue weighted by molar-refractivity contribution is -0.707. The standard InChI is InChI=1S/C12H12F2NO2/c1-15(17-2)12(16)9-6-8(9)7-3-4-10(13)11(14)5-7/h3-5,8-9H,1,6H2,2H3/q+1. The minimum Gasteiger partial charge on any atom is -0.272 e. The average Bonchev–Trinajstić information content (AvgIpc) is 3.10. The summed E-state index contributed by atoms with van der Waals surface area (Å²) in [7, 11) is 1.35. The molecule has 0 radical (unpaired) electrons. The molecule has 1 amide bonds. The lowest BCUT2D eigenvalue weighted by atomic mass is 10.1. The van der Waals surface area contributed by atoms with E-state index in [0.29, 0.717) is 12.0 Å². The van der Waals surface area contributed by atoms with E-state index < -0.39 is 11.6 Å². The summed E-state index contributed by atoms with van der Waals surface area (Å²) in [5.74, 6) is -2.34. The van der Waals surface area contributed by atoms with Crippen molar-refractivity contribution in [2.75, 3.05) is 7.11 Å². The molecule has 0 bridgehead atoms. The third-order valence-electron chi connectivity index (χ3n) is 2.95. The van der Waals surface area contributed by atoms with Crippen molar-refractivity contribution in [1.29, 1.82) is 0 Å². The summed E-state index contributed by atoms with van der Waals surface area (Å²) in [5, 5.41) is 0. The van der Waals surface area contributed by atoms with Crippen LogP contribution in [0.2, 0.25) is 0 Å². The molecule has 0 heterocycles. The van der Waals surface area contributed by atoms with Crippen LogP contribution < -0.4 is 0 Å². The van der Waals surface area contributed by atoms with E-state index in [4.69, 9.17) is 0 Å². The van der Waals surface area contributed by atoms with Crippen LogP contribution >= 0.6 is 0 Å². The van der Waals surface area contributed by atoms with Gasteiger partial charge in [0, 0.05) is 10.7 Å². The molecular formula is C12H12F2NO2+. The molecule has 3 nitrogen and oxygen atoms in total. The van der Waals surface area contributed by atoms with Crippen LogP contribution in [0.1, 0.15) is 17.9 Å². The Morgan fingerprint density at radius 1 is 1.47 bits per heavy atom. The molecule has 1 aromatic carbocycles. The van der Waals surface area contributed by atoms with Gasteiger partial charge >= 0.3 is 5.91 Å². The Balaban J connectivity index is 2.10. The van der Waals surface area contributed by atoms with Gasteiger partial charge in [0.1, 0.15) is 7.11 Å². The van der Waals surface area contributed by atoms with E-state index in [9.17, 15) is 13.6 Å². The summed E-state index contributed by atoms with van der Waals surface area (Å²) in [5.41, 5.74) is 0.631. The molecule has 0 N–H and O–H groups in total. The molecule has 90 valence electrons. The monoisotopic (exact) mass is 240 g/mol. The highest BCUT2D eigenvalue weighted by molar-refractivity contribution is 5.76. The maximum atomic E-state index is 13.0. The van der Waals surface area contributed by atoms with Crippen molar-refractivity contribution in [3.8, 4) is 0 Å². The van der Waals surface area contributed by atoms with Crippen molar-refractivity contribution in [2.45, 2.75) is 12.3 Å². The van der Waals surface area contributed by atoms with Gasteiger partial charge < -0.3 is 0 Å². The van der Waals surface area contributed by atoms with Gasteiger partial charge in [-0.2, -0.15) is 0 Å². The van der Waals surface area contributed by atoms with E-state index in [1.807, 2.05) is 0 Å². The number of amides is 1. The second-order valence-electron chi connectivity index (χ2n) is 4.02. The first-order chi connectivity index (χ1) is 8.04. The zero-order valence-electron chi connectivity index (χ0n) is 9.32. The van der Waals surface area contributed by atoms with Gasteiger partial charge in [0.2, 0.25) is 0 Å². The molecule has 17 heavy (non-hydrogen) atoms. The highest BCUT2D eigenvalue weighted by Gasteiger charge is 2.50. The molecule has 1 fully saturated rings. The SMILES string of the molecule is C=[N+](OC)C(=O)C1CC1c1ccc(F)c(F)c1. The van der Waals surface area contributed by atoms with Crippen LogP contribution in [0.25, 0.3) is 0 Å². The minimum atomic E-state index is -0.890. The van der Waals surface area contributed by atoms with Gasteiger partial charge in [0.05, 0.1) is 5.92 Å². The van der Waals surface area contributed by atoms with Crippen LogP contribution in [0, 0.1) is 17.6 Å². The van der Waals surface area contributed by atoms with E-state index in [0.717, 1.165) is 16.9 Å². The number of benzene rings is 1. The molecule has 1 saturated carbocycles. The topological polar surface area (TPSA) is 29.3 Å². The molecule has 1 aliphatic rings. The van der Waals surface area contributed by atoms with E-state index in [-0.39, 0.29) is 17.7 Å². The second kappa shape index (κ2) is 4.24. The molecular weight excluding hydrogens is 228 g/mol. The summed E-state index contributed by atoms with van der Waals surface area (Å²) in [4.78, 5) is 16.3. The predicted molar refractivity (Wildman–Crippen MR) is 56.6 cm³/mol. The number of halogens is 2. The lowest BCUT2D eigenvalue weighted by Gasteiger charge is -1.99. The first-order valence-corrected chi connectivity index (χ1v) is 5.18. The highest BCUT2D eigenvalue weighted by Crippen LogP contribution is 2.48. The smallest absolute Gasteiger partial charge is 0.272 e. The Hall–Kier alpha value is -1.78. The fraction of sp³-hybridized carbons (Fsp3) is 0.333. The Morgan fingerprint density at radius 3 is 2.76 bits per heavy atom. The molecule has 0 spiro atoms. The van der Waals surface area contributed by atoms with Crippen molar-refractivity contribution in [3.63, 3.8) is 0 Å². The number of hydrogen-bond donors (Lipinski definition) is 0. The third-order valence-corrected chi connectivity index (χ3v) is 2.95. The third kappa shape index (κ3) is 2.18. The van der Waals surface area contributed by atoms with Gasteiger partial charge in [-0.25, -0.2) is 13.6 Å². The van der Waals surface area contributed by atoms with E-state index in [2.05, 4.69) is 11.6 Å². The van der Waals surface area contributed by atoms with Gasteiger partial charge in [-0.3, -0.25) is 4.84 Å². The Labute approximate surface area is 97.3 Å². The van der Waals surface area contributed by atoms with Crippen molar-refractivity contribution in [2.24, 2.45) is 5.92 Å². The molecule has 0 aromatic heterocycles. The molecule has 0 aliphatic heterocycles. The van der Waals surface area contributed by atoms with E-state index >= 15 is 0 Å². The van der Waals surface area contributed by atoms with Crippen molar-refractivity contribution in [3.05, 3.63) is 35.4 Å². The highest BCUT2D eigenvalue weighted by atomic mass is 19.2. The van der Waals surface area contributed by atoms with Gasteiger partial charge in [0.25, 0.3) is 0 Å². The van der Waals surface area contributed by atoms with Crippen molar-refractivity contribution >= 4 is 12.6 Å². The quantitative estimate of drug-likeness (QED) is 0.458. The largest absolute Gasteiger partial charge is 0.436 e. The van der Waals surface area contributed by atoms with Gasteiger partial charge in [-0.05, 0) is 24.1 Å². The lowest BCUT2D eigenvalue weighted by Crippen LogP contribution is -2.20. The van der Waals surface area contributed by atoms with Crippen LogP contribution in [0.5, 0.6) is 0 Å². The maximum absolute atomic E-state index is 13.0. The van der Waals surface area contributed by atoms with Gasteiger partial charge in [0.15, 0.2) is 18.4 Å². The minimum absolute atomic E-state index is 0.0722. The summed E-state index contributed by atoms with van der Waals surface area (Å²) < 4.78 is 26.7. The number of rotatable bonds is 3. The number of carbonyl (C=O) groups excluding carboxylic acids is 1. The van der Waals surface area contributed by atoms with Crippen molar-refractivity contribution < 1.29 is 23.2 Å². The number of nitrogens with zero attached hydrogens (tertiary/aromatic N) is 1. The Morgan fingerprint density at radius 2 is 2.18 bits per heavy atom. The molecule has 5 heteroatoms. The van der Waals surface area contributed by atoms with Gasteiger partial charge in [-0.15, -0.1) is 0 Å². The first-order valence-electron chi connectivity index (χ1n) is 5.18. The van der Waals surface area contributed by atoms with E-state index in [1.54, 1.807) is 0 Å². The fourth-order valence-electron chi connectivity index (χ4n) is 1.85. The molecule has 0 saturated heterocycles. The first kappa shape index (κ1) is 11.7. The number of carbonyl (C=O) groups is 1. The molecule has 2 rings (SSSR count). The van der Waals surface area contributed by atoms with Crippen LogP contribution in [0.15, 0.2) is 18.2 Å². The predicted octanol–water partition coefficient (Wildman–Crippen LogP) is 1.87. The van der Waals surface area contributed by atoms with E-state index in [1.165, 1.54) is 13.2 Å². The second-order valence-corrected chi connectivity index (χ2v) is 4.02. The summed E-state index contributed by atoms with van der Waals surface area (Å²) in [6, 6.07) is 3.70. The summed E-state index contributed by atoms with van der Waals surface area (Å²) in [6.07, 6.45) is 0.610. The zero-order valence-corrected chi connectivity index (χ0v) is 9.32. The molecule has 1 aromatic rings. The van der Waals surface area contributed by atoms with Crippen molar-refractivity contribution in [1.82, 2.24) is 0 Å².